The first-order valence-electron chi connectivity index (χ1n) is 7.60. The van der Waals surface area contributed by atoms with Gasteiger partial charge in [0.25, 0.3) is 0 Å². The Hall–Kier alpha value is -1.59. The molecule has 5 nitrogen and oxygen atoms in total. The zero-order valence-corrected chi connectivity index (χ0v) is 14.8. The highest BCUT2D eigenvalue weighted by Crippen LogP contribution is 2.23. The number of esters is 2. The van der Waals surface area contributed by atoms with E-state index in [4.69, 9.17) is 21.1 Å². The first-order chi connectivity index (χ1) is 10.8. The number of ether oxygens (including phenoxy) is 2. The van der Waals surface area contributed by atoms with Gasteiger partial charge in [0.05, 0.1) is 13.0 Å². The van der Waals surface area contributed by atoms with Crippen LogP contribution in [0.2, 0.25) is 5.02 Å². The Morgan fingerprint density at radius 2 is 2.00 bits per heavy atom. The predicted molar refractivity (Wildman–Crippen MR) is 89.2 cm³/mol. The molecule has 23 heavy (non-hydrogen) atoms. The van der Waals surface area contributed by atoms with Crippen molar-refractivity contribution >= 4 is 23.5 Å². The van der Waals surface area contributed by atoms with Crippen LogP contribution in [0.3, 0.4) is 0 Å². The summed E-state index contributed by atoms with van der Waals surface area (Å²) in [4.78, 5) is 23.2. The summed E-state index contributed by atoms with van der Waals surface area (Å²) < 4.78 is 10.4. The molecule has 1 N–H and O–H groups in total. The molecular weight excluding hydrogens is 318 g/mol. The lowest BCUT2D eigenvalue weighted by atomic mass is 9.93. The number of nitrogens with one attached hydrogen (secondary N) is 1. The van der Waals surface area contributed by atoms with E-state index in [1.807, 2.05) is 31.2 Å². The van der Waals surface area contributed by atoms with Crippen LogP contribution >= 0.6 is 11.6 Å². The number of hydrogen-bond donors (Lipinski definition) is 1. The average Bonchev–Trinajstić information content (AvgIpc) is 2.45. The highest BCUT2D eigenvalue weighted by molar-refractivity contribution is 6.31. The van der Waals surface area contributed by atoms with Gasteiger partial charge in [0.1, 0.15) is 5.60 Å². The molecular formula is C17H24ClNO4. The summed E-state index contributed by atoms with van der Waals surface area (Å²) in [5.41, 5.74) is -0.0679. The fourth-order valence-electron chi connectivity index (χ4n) is 2.23. The van der Waals surface area contributed by atoms with Gasteiger partial charge in [0.15, 0.2) is 0 Å². The van der Waals surface area contributed by atoms with Gasteiger partial charge in [0.2, 0.25) is 0 Å². The van der Waals surface area contributed by atoms with Crippen LogP contribution in [0, 0.1) is 0 Å². The molecule has 1 aromatic carbocycles. The third-order valence-electron chi connectivity index (χ3n) is 3.65. The summed E-state index contributed by atoms with van der Waals surface area (Å²) >= 11 is 6.13. The second kappa shape index (κ2) is 8.89. The van der Waals surface area contributed by atoms with E-state index in [1.165, 1.54) is 6.92 Å². The van der Waals surface area contributed by atoms with Crippen molar-refractivity contribution in [2.45, 2.75) is 52.3 Å². The highest BCUT2D eigenvalue weighted by Gasteiger charge is 2.37. The molecule has 0 aliphatic carbocycles. The third kappa shape index (κ3) is 6.20. The largest absolute Gasteiger partial charge is 0.466 e. The molecule has 0 bridgehead atoms. The topological polar surface area (TPSA) is 64.6 Å². The summed E-state index contributed by atoms with van der Waals surface area (Å²) in [6, 6.07) is 7.22. The fourth-order valence-corrected chi connectivity index (χ4v) is 2.43. The molecule has 0 radical (unpaired) electrons. The Kier molecular flexibility index (Phi) is 7.52. The normalized spacial score (nSPS) is 14.7. The number of halogens is 1. The zero-order chi connectivity index (χ0) is 17.5. The van der Waals surface area contributed by atoms with E-state index in [0.717, 1.165) is 5.56 Å². The number of rotatable bonds is 8. The van der Waals surface area contributed by atoms with E-state index in [9.17, 15) is 9.59 Å². The van der Waals surface area contributed by atoms with Crippen molar-refractivity contribution in [1.29, 1.82) is 0 Å². The lowest BCUT2D eigenvalue weighted by molar-refractivity contribution is -0.165. The van der Waals surface area contributed by atoms with Crippen molar-refractivity contribution in [2.75, 3.05) is 6.61 Å². The van der Waals surface area contributed by atoms with Gasteiger partial charge in [-0.05, 0) is 32.4 Å². The summed E-state index contributed by atoms with van der Waals surface area (Å²) in [6.45, 7) is 7.43. The summed E-state index contributed by atoms with van der Waals surface area (Å²) in [5, 5.41) is 3.92. The minimum absolute atomic E-state index is 0.0168. The van der Waals surface area contributed by atoms with Crippen molar-refractivity contribution in [3.05, 3.63) is 34.9 Å². The van der Waals surface area contributed by atoms with Crippen molar-refractivity contribution in [3.63, 3.8) is 0 Å². The molecule has 0 heterocycles. The zero-order valence-electron chi connectivity index (χ0n) is 14.0. The molecule has 0 amide bonds. The number of carbonyl (C=O) groups excluding carboxylic acids is 2. The van der Waals surface area contributed by atoms with Crippen molar-refractivity contribution < 1.29 is 19.1 Å². The maximum atomic E-state index is 11.8. The van der Waals surface area contributed by atoms with Crippen LogP contribution in [0.1, 0.15) is 39.7 Å². The maximum Gasteiger partial charge on any atom is 0.309 e. The van der Waals surface area contributed by atoms with Crippen LogP contribution in [-0.4, -0.2) is 30.2 Å². The minimum atomic E-state index is -1.00. The molecule has 0 aliphatic heterocycles. The Morgan fingerprint density at radius 1 is 1.35 bits per heavy atom. The summed E-state index contributed by atoms with van der Waals surface area (Å²) in [5.74, 6) is -0.842. The van der Waals surface area contributed by atoms with Crippen LogP contribution in [0.5, 0.6) is 0 Å². The molecule has 2 unspecified atom stereocenters. The monoisotopic (exact) mass is 341 g/mol. The molecule has 0 spiro atoms. The van der Waals surface area contributed by atoms with Gasteiger partial charge in [-0.3, -0.25) is 9.59 Å². The molecule has 0 aromatic heterocycles. The molecule has 0 aliphatic rings. The first kappa shape index (κ1) is 19.5. The van der Waals surface area contributed by atoms with E-state index >= 15 is 0 Å². The van der Waals surface area contributed by atoms with Crippen LogP contribution < -0.4 is 5.32 Å². The van der Waals surface area contributed by atoms with Crippen LogP contribution in [0.25, 0.3) is 0 Å². The Morgan fingerprint density at radius 3 is 2.57 bits per heavy atom. The van der Waals surface area contributed by atoms with Crippen molar-refractivity contribution in [1.82, 2.24) is 5.32 Å². The van der Waals surface area contributed by atoms with Crippen LogP contribution in [-0.2, 0) is 25.6 Å². The van der Waals surface area contributed by atoms with E-state index in [0.29, 0.717) is 11.6 Å². The third-order valence-corrected chi connectivity index (χ3v) is 4.02. The van der Waals surface area contributed by atoms with Crippen molar-refractivity contribution in [2.24, 2.45) is 0 Å². The van der Waals surface area contributed by atoms with E-state index in [2.05, 4.69) is 5.32 Å². The van der Waals surface area contributed by atoms with E-state index in [-0.39, 0.29) is 19.1 Å². The van der Waals surface area contributed by atoms with Crippen LogP contribution in [0.15, 0.2) is 24.3 Å². The molecule has 1 aromatic rings. The first-order valence-corrected chi connectivity index (χ1v) is 7.98. The van der Waals surface area contributed by atoms with Gasteiger partial charge in [-0.25, -0.2) is 0 Å². The smallest absolute Gasteiger partial charge is 0.309 e. The standard InChI is InChI=1S/C17H24ClNO4/c1-5-22-16(21)10-17(4,23-13(3)20)12(2)19-11-14-8-6-7-9-15(14)18/h6-9,12,19H,5,10-11H2,1-4H3. The lowest BCUT2D eigenvalue weighted by Gasteiger charge is -2.34. The molecule has 2 atom stereocenters. The van der Waals surface area contributed by atoms with Gasteiger partial charge in [0, 0.05) is 24.5 Å². The maximum absolute atomic E-state index is 11.8. The van der Waals surface area contributed by atoms with Gasteiger partial charge in [-0.1, -0.05) is 29.8 Å². The fraction of sp³-hybridized carbons (Fsp3) is 0.529. The summed E-state index contributed by atoms with van der Waals surface area (Å²) in [6.07, 6.45) is -0.0168. The number of benzene rings is 1. The van der Waals surface area contributed by atoms with E-state index in [1.54, 1.807) is 13.8 Å². The molecule has 1 rings (SSSR count). The molecule has 0 fully saturated rings. The molecule has 128 valence electrons. The molecule has 0 saturated carbocycles. The van der Waals surface area contributed by atoms with Crippen molar-refractivity contribution in [3.8, 4) is 0 Å². The molecule has 6 heteroatoms. The SMILES string of the molecule is CCOC(=O)CC(C)(OC(C)=O)C(C)NCc1ccccc1Cl. The Balaban J connectivity index is 2.78. The summed E-state index contributed by atoms with van der Waals surface area (Å²) in [7, 11) is 0. The second-order valence-corrected chi connectivity index (χ2v) is 5.99. The van der Waals surface area contributed by atoms with Gasteiger partial charge in [-0.15, -0.1) is 0 Å². The average molecular weight is 342 g/mol. The second-order valence-electron chi connectivity index (χ2n) is 5.58. The Labute approximate surface area is 142 Å². The van der Waals surface area contributed by atoms with E-state index < -0.39 is 17.5 Å². The van der Waals surface area contributed by atoms with Crippen LogP contribution in [0.4, 0.5) is 0 Å². The van der Waals surface area contributed by atoms with Gasteiger partial charge >= 0.3 is 11.9 Å². The number of hydrogen-bond acceptors (Lipinski definition) is 5. The quantitative estimate of drug-likeness (QED) is 0.736. The number of carbonyl (C=O) groups is 2. The lowest BCUT2D eigenvalue weighted by Crippen LogP contribution is -2.50. The van der Waals surface area contributed by atoms with Gasteiger partial charge < -0.3 is 14.8 Å². The predicted octanol–water partition coefficient (Wildman–Crippen LogP) is 3.09. The highest BCUT2D eigenvalue weighted by atomic mass is 35.5. The van der Waals surface area contributed by atoms with Gasteiger partial charge in [-0.2, -0.15) is 0 Å². The molecule has 0 saturated heterocycles. The minimum Gasteiger partial charge on any atom is -0.466 e. The Bertz CT molecular complexity index is 549.